The van der Waals surface area contributed by atoms with E-state index in [0.29, 0.717) is 5.56 Å². The number of phenols is 1. The lowest BCUT2D eigenvalue weighted by Crippen LogP contribution is -2.05. The molecule has 1 rings (SSSR count). The lowest BCUT2D eigenvalue weighted by Gasteiger charge is -2.04. The predicted molar refractivity (Wildman–Crippen MR) is 54.6 cm³/mol. The highest BCUT2D eigenvalue weighted by molar-refractivity contribution is 5.85. The quantitative estimate of drug-likeness (QED) is 0.585. The summed E-state index contributed by atoms with van der Waals surface area (Å²) in [6, 6.07) is 3.84. The van der Waals surface area contributed by atoms with E-state index in [9.17, 15) is 10.1 Å². The van der Waals surface area contributed by atoms with Gasteiger partial charge >= 0.3 is 5.69 Å². The van der Waals surface area contributed by atoms with E-state index in [2.05, 4.69) is 0 Å². The molecular weight excluding hydrogens is 208 g/mol. The van der Waals surface area contributed by atoms with Crippen molar-refractivity contribution >= 4 is 18.1 Å². The van der Waals surface area contributed by atoms with E-state index >= 15 is 0 Å². The molecule has 6 heteroatoms. The fraction of sp³-hybridized carbons (Fsp3) is 0.250. The number of rotatable bonds is 2. The Morgan fingerprint density at radius 1 is 1.57 bits per heavy atom. The highest BCUT2D eigenvalue weighted by Crippen LogP contribution is 2.27. The predicted octanol–water partition coefficient (Wildman–Crippen LogP) is 1.74. The molecule has 3 N–H and O–H groups in total. The van der Waals surface area contributed by atoms with Crippen LogP contribution in [0.15, 0.2) is 18.2 Å². The molecule has 1 atom stereocenters. The van der Waals surface area contributed by atoms with Crippen LogP contribution in [0.4, 0.5) is 5.69 Å². The molecule has 5 nitrogen and oxygen atoms in total. The zero-order valence-electron chi connectivity index (χ0n) is 7.51. The number of nitrogens with zero attached hydrogens (tertiary/aromatic N) is 1. The van der Waals surface area contributed by atoms with Gasteiger partial charge in [0.1, 0.15) is 0 Å². The van der Waals surface area contributed by atoms with Crippen LogP contribution in [0.2, 0.25) is 0 Å². The zero-order chi connectivity index (χ0) is 10.0. The van der Waals surface area contributed by atoms with Gasteiger partial charge in [0.25, 0.3) is 0 Å². The lowest BCUT2D eigenvalue weighted by atomic mass is 10.1. The number of halogens is 1. The number of nitro benzene ring substituents is 1. The van der Waals surface area contributed by atoms with Gasteiger partial charge in [-0.25, -0.2) is 0 Å². The van der Waals surface area contributed by atoms with Gasteiger partial charge < -0.3 is 10.8 Å². The van der Waals surface area contributed by atoms with Crippen LogP contribution in [0, 0.1) is 10.1 Å². The van der Waals surface area contributed by atoms with Crippen molar-refractivity contribution in [3.05, 3.63) is 33.9 Å². The minimum Gasteiger partial charge on any atom is -0.502 e. The zero-order valence-corrected chi connectivity index (χ0v) is 8.32. The summed E-state index contributed by atoms with van der Waals surface area (Å²) in [6.07, 6.45) is 0. The molecule has 0 amide bonds. The number of aromatic hydroxyl groups is 1. The Bertz CT molecular complexity index is 341. The average molecular weight is 219 g/mol. The van der Waals surface area contributed by atoms with Crippen molar-refractivity contribution in [3.63, 3.8) is 0 Å². The van der Waals surface area contributed by atoms with Crippen molar-refractivity contribution in [2.45, 2.75) is 13.0 Å². The summed E-state index contributed by atoms with van der Waals surface area (Å²) in [6.45, 7) is 1.72. The second kappa shape index (κ2) is 4.78. The molecule has 0 bridgehead atoms. The summed E-state index contributed by atoms with van der Waals surface area (Å²) in [5, 5.41) is 19.5. The summed E-state index contributed by atoms with van der Waals surface area (Å²) in [4.78, 5) is 9.76. The number of hydrogen-bond acceptors (Lipinski definition) is 4. The molecule has 0 aliphatic carbocycles. The number of hydrogen-bond donors (Lipinski definition) is 2. The van der Waals surface area contributed by atoms with Crippen molar-refractivity contribution in [1.82, 2.24) is 0 Å². The van der Waals surface area contributed by atoms with Gasteiger partial charge in [0.05, 0.1) is 4.92 Å². The Morgan fingerprint density at radius 2 is 2.14 bits per heavy atom. The van der Waals surface area contributed by atoms with Crippen LogP contribution in [-0.4, -0.2) is 10.0 Å². The van der Waals surface area contributed by atoms with E-state index in [-0.39, 0.29) is 29.9 Å². The fourth-order valence-electron chi connectivity index (χ4n) is 0.970. The summed E-state index contributed by atoms with van der Waals surface area (Å²) >= 11 is 0. The maximum Gasteiger partial charge on any atom is 0.311 e. The first-order valence-electron chi connectivity index (χ1n) is 3.75. The smallest absolute Gasteiger partial charge is 0.311 e. The Hall–Kier alpha value is -1.33. The molecule has 0 saturated carbocycles. The average Bonchev–Trinajstić information content (AvgIpc) is 2.04. The second-order valence-corrected chi connectivity index (χ2v) is 2.79. The van der Waals surface area contributed by atoms with Crippen LogP contribution < -0.4 is 5.73 Å². The second-order valence-electron chi connectivity index (χ2n) is 2.79. The molecule has 0 radical (unpaired) electrons. The van der Waals surface area contributed by atoms with Crippen molar-refractivity contribution < 1.29 is 10.0 Å². The van der Waals surface area contributed by atoms with Gasteiger partial charge in [-0.2, -0.15) is 0 Å². The largest absolute Gasteiger partial charge is 0.502 e. The van der Waals surface area contributed by atoms with E-state index in [1.807, 2.05) is 0 Å². The molecule has 1 aromatic carbocycles. The van der Waals surface area contributed by atoms with Crippen molar-refractivity contribution in [2.75, 3.05) is 0 Å². The summed E-state index contributed by atoms with van der Waals surface area (Å²) in [5.41, 5.74) is 5.85. The maximum atomic E-state index is 10.4. The van der Waals surface area contributed by atoms with Crippen LogP contribution in [0.3, 0.4) is 0 Å². The van der Waals surface area contributed by atoms with Crippen molar-refractivity contribution in [3.8, 4) is 5.75 Å². The summed E-state index contributed by atoms with van der Waals surface area (Å²) < 4.78 is 0. The first kappa shape index (κ1) is 12.7. The number of phenolic OH excluding ortho intramolecular Hbond substituents is 1. The molecule has 0 aliphatic heterocycles. The number of nitrogens with two attached hydrogens (primary N) is 1. The standard InChI is InChI=1S/C8H10N2O3.ClH/c1-5(9)6-2-3-8(11)7(4-6)10(12)13;/h2-5,11H,9H2,1H3;1H/t5-;/m0./s1. The lowest BCUT2D eigenvalue weighted by molar-refractivity contribution is -0.385. The van der Waals surface area contributed by atoms with Crippen LogP contribution in [0.5, 0.6) is 5.75 Å². The Morgan fingerprint density at radius 3 is 2.57 bits per heavy atom. The molecule has 78 valence electrons. The molecular formula is C8H11ClN2O3. The maximum absolute atomic E-state index is 10.4. The highest BCUT2D eigenvalue weighted by atomic mass is 35.5. The minimum absolute atomic E-state index is 0. The Kier molecular flexibility index (Phi) is 4.33. The molecule has 14 heavy (non-hydrogen) atoms. The Balaban J connectivity index is 0.00000169. The molecule has 0 unspecified atom stereocenters. The molecule has 0 spiro atoms. The minimum atomic E-state index is -0.638. The van der Waals surface area contributed by atoms with E-state index < -0.39 is 4.92 Å². The topological polar surface area (TPSA) is 89.4 Å². The van der Waals surface area contributed by atoms with Gasteiger partial charge in [-0.15, -0.1) is 12.4 Å². The van der Waals surface area contributed by atoms with E-state index in [1.54, 1.807) is 13.0 Å². The third-order valence-corrected chi connectivity index (χ3v) is 1.72. The molecule has 0 fully saturated rings. The SMILES string of the molecule is C[C@H](N)c1ccc(O)c([N+](=O)[O-])c1.Cl. The molecule has 0 saturated heterocycles. The van der Waals surface area contributed by atoms with E-state index in [1.165, 1.54) is 12.1 Å². The van der Waals surface area contributed by atoms with Crippen LogP contribution >= 0.6 is 12.4 Å². The van der Waals surface area contributed by atoms with Gasteiger partial charge in [-0.3, -0.25) is 10.1 Å². The molecule has 1 aromatic rings. The Labute approximate surface area is 87.1 Å². The third kappa shape index (κ3) is 2.58. The van der Waals surface area contributed by atoms with Crippen LogP contribution in [-0.2, 0) is 0 Å². The van der Waals surface area contributed by atoms with Crippen molar-refractivity contribution in [1.29, 1.82) is 0 Å². The summed E-state index contributed by atoms with van der Waals surface area (Å²) in [7, 11) is 0. The first-order valence-corrected chi connectivity index (χ1v) is 3.75. The van der Waals surface area contributed by atoms with Gasteiger partial charge in [-0.05, 0) is 18.6 Å². The fourth-order valence-corrected chi connectivity index (χ4v) is 0.970. The van der Waals surface area contributed by atoms with Crippen molar-refractivity contribution in [2.24, 2.45) is 5.73 Å². The van der Waals surface area contributed by atoms with Gasteiger partial charge in [0, 0.05) is 12.1 Å². The number of nitro groups is 1. The summed E-state index contributed by atoms with van der Waals surface area (Å²) in [5.74, 6) is -0.339. The van der Waals surface area contributed by atoms with E-state index in [4.69, 9.17) is 10.8 Å². The monoisotopic (exact) mass is 218 g/mol. The highest BCUT2D eigenvalue weighted by Gasteiger charge is 2.14. The molecule has 0 aromatic heterocycles. The van der Waals surface area contributed by atoms with E-state index in [0.717, 1.165) is 0 Å². The van der Waals surface area contributed by atoms with Gasteiger partial charge in [0.2, 0.25) is 0 Å². The van der Waals surface area contributed by atoms with Gasteiger partial charge in [-0.1, -0.05) is 6.07 Å². The first-order chi connectivity index (χ1) is 6.02. The normalized spacial score (nSPS) is 11.6. The van der Waals surface area contributed by atoms with Gasteiger partial charge in [0.15, 0.2) is 5.75 Å². The van der Waals surface area contributed by atoms with Crippen LogP contribution in [0.1, 0.15) is 18.5 Å². The molecule has 0 aliphatic rings. The molecule has 0 heterocycles. The number of benzene rings is 1. The third-order valence-electron chi connectivity index (χ3n) is 1.72. The van der Waals surface area contributed by atoms with Crippen LogP contribution in [0.25, 0.3) is 0 Å².